The van der Waals surface area contributed by atoms with Gasteiger partial charge in [0.05, 0.1) is 15.4 Å². The molecule has 2 aromatic rings. The number of Topliss-reactive ketones (excluding diaryl/α,β-unsaturated/α-hetero) is 1. The molecule has 9 heteroatoms. The van der Waals surface area contributed by atoms with Crippen molar-refractivity contribution in [1.82, 2.24) is 4.90 Å². The minimum Gasteiger partial charge on any atom is -0.456 e. The number of nitro benzene ring substituents is 1. The Bertz CT molecular complexity index is 996. The lowest BCUT2D eigenvalue weighted by Crippen LogP contribution is -2.29. The van der Waals surface area contributed by atoms with Crippen molar-refractivity contribution >= 4 is 51.8 Å². The van der Waals surface area contributed by atoms with Gasteiger partial charge in [-0.1, -0.05) is 36.1 Å². The number of furan rings is 1. The molecule has 144 valence electrons. The van der Waals surface area contributed by atoms with Crippen LogP contribution in [0.15, 0.2) is 45.7 Å². The molecule has 1 aromatic carbocycles. The number of benzene rings is 1. The number of rotatable bonds is 7. The highest BCUT2D eigenvalue weighted by molar-refractivity contribution is 8.26. The van der Waals surface area contributed by atoms with E-state index >= 15 is 0 Å². The molecule has 0 atom stereocenters. The minimum atomic E-state index is -0.469. The molecule has 0 unspecified atom stereocenters. The van der Waals surface area contributed by atoms with Crippen LogP contribution in [0.5, 0.6) is 0 Å². The van der Waals surface area contributed by atoms with Crippen LogP contribution in [0.2, 0.25) is 0 Å². The van der Waals surface area contributed by atoms with E-state index in [2.05, 4.69) is 0 Å². The molecule has 2 heterocycles. The molecule has 1 aliphatic rings. The van der Waals surface area contributed by atoms with Gasteiger partial charge in [0.1, 0.15) is 21.6 Å². The van der Waals surface area contributed by atoms with Gasteiger partial charge >= 0.3 is 0 Å². The van der Waals surface area contributed by atoms with Crippen LogP contribution >= 0.6 is 24.0 Å². The summed E-state index contributed by atoms with van der Waals surface area (Å²) in [6.45, 7) is 1.90. The summed E-state index contributed by atoms with van der Waals surface area (Å²) in [5, 5.41) is 11.2. The number of amides is 1. The molecule has 1 saturated heterocycles. The Morgan fingerprint density at radius 3 is 2.79 bits per heavy atom. The van der Waals surface area contributed by atoms with E-state index in [0.29, 0.717) is 45.7 Å². The number of hydrogen-bond donors (Lipinski definition) is 0. The summed E-state index contributed by atoms with van der Waals surface area (Å²) in [6.07, 6.45) is 2.52. The van der Waals surface area contributed by atoms with Crippen LogP contribution in [0.25, 0.3) is 17.4 Å². The lowest BCUT2D eigenvalue weighted by Gasteiger charge is -2.13. The third kappa shape index (κ3) is 4.37. The van der Waals surface area contributed by atoms with Gasteiger partial charge in [-0.3, -0.25) is 19.8 Å². The van der Waals surface area contributed by atoms with Crippen LogP contribution < -0.4 is 0 Å². The van der Waals surface area contributed by atoms with Crippen LogP contribution in [0.3, 0.4) is 0 Å². The number of thioether (sulfide) groups is 1. The van der Waals surface area contributed by atoms with Crippen molar-refractivity contribution in [3.8, 4) is 11.3 Å². The van der Waals surface area contributed by atoms with Crippen LogP contribution in [0, 0.1) is 10.1 Å². The number of ketones is 1. The quantitative estimate of drug-likeness (QED) is 0.285. The van der Waals surface area contributed by atoms with Gasteiger partial charge in [0, 0.05) is 25.1 Å². The van der Waals surface area contributed by atoms with Crippen LogP contribution in [-0.2, 0) is 9.59 Å². The maximum Gasteiger partial charge on any atom is 0.280 e. The largest absolute Gasteiger partial charge is 0.456 e. The monoisotopic (exact) mass is 416 g/mol. The molecule has 7 nitrogen and oxygen atoms in total. The second-order valence-electron chi connectivity index (χ2n) is 6.12. The minimum absolute atomic E-state index is 0.0554. The smallest absolute Gasteiger partial charge is 0.280 e. The molecule has 1 aliphatic heterocycles. The van der Waals surface area contributed by atoms with Crippen LogP contribution in [0.1, 0.15) is 25.5 Å². The first-order valence-corrected chi connectivity index (χ1v) is 9.67. The SMILES string of the molecule is CC(=O)CCCN1C(=O)/C(=C\c2ccc(-c3ccccc3[N+](=O)[O-])o2)SC1=S. The first kappa shape index (κ1) is 20.0. The van der Waals surface area contributed by atoms with E-state index in [1.807, 2.05) is 0 Å². The van der Waals surface area contributed by atoms with E-state index < -0.39 is 4.92 Å². The normalized spacial score (nSPS) is 15.5. The molecule has 28 heavy (non-hydrogen) atoms. The maximum atomic E-state index is 12.5. The highest BCUT2D eigenvalue weighted by Gasteiger charge is 2.32. The molecule has 1 aromatic heterocycles. The highest BCUT2D eigenvalue weighted by atomic mass is 32.2. The Kier molecular flexibility index (Phi) is 6.05. The predicted molar refractivity (Wildman–Crippen MR) is 111 cm³/mol. The van der Waals surface area contributed by atoms with Gasteiger partial charge in [0.15, 0.2) is 0 Å². The number of carbonyl (C=O) groups is 2. The van der Waals surface area contributed by atoms with Gasteiger partial charge in [-0.25, -0.2) is 0 Å². The number of nitro groups is 1. The molecule has 0 N–H and O–H groups in total. The molecule has 1 amide bonds. The third-order valence-corrected chi connectivity index (χ3v) is 5.43. The van der Waals surface area contributed by atoms with Gasteiger partial charge in [-0.05, 0) is 31.5 Å². The van der Waals surface area contributed by atoms with Gasteiger partial charge in [0.25, 0.3) is 11.6 Å². The molecular weight excluding hydrogens is 400 g/mol. The first-order chi connectivity index (χ1) is 13.4. The molecule has 3 rings (SSSR count). The fourth-order valence-corrected chi connectivity index (χ4v) is 4.01. The summed E-state index contributed by atoms with van der Waals surface area (Å²) in [4.78, 5) is 36.2. The second-order valence-corrected chi connectivity index (χ2v) is 7.79. The van der Waals surface area contributed by atoms with Crippen molar-refractivity contribution in [3.05, 3.63) is 57.2 Å². The molecule has 0 spiro atoms. The lowest BCUT2D eigenvalue weighted by molar-refractivity contribution is -0.384. The molecule has 1 fully saturated rings. The number of nitrogens with zero attached hydrogens (tertiary/aromatic N) is 2. The van der Waals surface area contributed by atoms with E-state index in [4.69, 9.17) is 16.6 Å². The zero-order valence-electron chi connectivity index (χ0n) is 14.9. The van der Waals surface area contributed by atoms with E-state index in [1.54, 1.807) is 36.4 Å². The highest BCUT2D eigenvalue weighted by Crippen LogP contribution is 2.35. The second kappa shape index (κ2) is 8.49. The molecule has 0 aliphatic carbocycles. The first-order valence-electron chi connectivity index (χ1n) is 8.45. The zero-order valence-corrected chi connectivity index (χ0v) is 16.5. The van der Waals surface area contributed by atoms with Gasteiger partial charge < -0.3 is 9.21 Å². The molecule has 0 saturated carbocycles. The van der Waals surface area contributed by atoms with Gasteiger partial charge in [-0.15, -0.1) is 0 Å². The zero-order chi connectivity index (χ0) is 20.3. The topological polar surface area (TPSA) is 93.7 Å². The fourth-order valence-electron chi connectivity index (χ4n) is 2.72. The average molecular weight is 416 g/mol. The summed E-state index contributed by atoms with van der Waals surface area (Å²) in [6, 6.07) is 9.56. The Hall–Kier alpha value is -2.78. The lowest BCUT2D eigenvalue weighted by atomic mass is 10.1. The number of hydrogen-bond acceptors (Lipinski definition) is 7. The standard InChI is InChI=1S/C19H16N2O5S2/c1-12(22)5-4-10-20-18(23)17(28-19(20)27)11-13-8-9-16(26-13)14-6-2-3-7-15(14)21(24)25/h2-3,6-9,11H,4-5,10H2,1H3/b17-11+. The third-order valence-electron chi connectivity index (χ3n) is 4.05. The van der Waals surface area contributed by atoms with Crippen LogP contribution in [-0.4, -0.2) is 32.4 Å². The van der Waals surface area contributed by atoms with Crippen molar-refractivity contribution in [2.45, 2.75) is 19.8 Å². The molecule has 0 radical (unpaired) electrons. The molecular formula is C19H16N2O5S2. The van der Waals surface area contributed by atoms with Crippen molar-refractivity contribution in [3.63, 3.8) is 0 Å². The van der Waals surface area contributed by atoms with Crippen molar-refractivity contribution in [1.29, 1.82) is 0 Å². The van der Waals surface area contributed by atoms with Crippen LogP contribution in [0.4, 0.5) is 5.69 Å². The average Bonchev–Trinajstić information content (AvgIpc) is 3.21. The van der Waals surface area contributed by atoms with E-state index in [-0.39, 0.29) is 17.4 Å². The fraction of sp³-hybridized carbons (Fsp3) is 0.211. The summed E-state index contributed by atoms with van der Waals surface area (Å²) in [5.41, 5.74) is 0.309. The van der Waals surface area contributed by atoms with E-state index in [0.717, 1.165) is 11.8 Å². The van der Waals surface area contributed by atoms with E-state index in [1.165, 1.54) is 17.9 Å². The summed E-state index contributed by atoms with van der Waals surface area (Å²) in [7, 11) is 0. The number of carbonyl (C=O) groups excluding carboxylic acids is 2. The Labute approximate surface area is 170 Å². The summed E-state index contributed by atoms with van der Waals surface area (Å²) in [5.74, 6) is 0.578. The van der Waals surface area contributed by atoms with Crippen molar-refractivity contribution < 1.29 is 18.9 Å². The number of para-hydroxylation sites is 1. The Morgan fingerprint density at radius 2 is 2.07 bits per heavy atom. The van der Waals surface area contributed by atoms with Crippen molar-refractivity contribution in [2.24, 2.45) is 0 Å². The van der Waals surface area contributed by atoms with Crippen molar-refractivity contribution in [2.75, 3.05) is 6.54 Å². The van der Waals surface area contributed by atoms with Gasteiger partial charge in [0.2, 0.25) is 0 Å². The van der Waals surface area contributed by atoms with E-state index in [9.17, 15) is 19.7 Å². The molecule has 0 bridgehead atoms. The maximum absolute atomic E-state index is 12.5. The number of thiocarbonyl (C=S) groups is 1. The Morgan fingerprint density at radius 1 is 1.32 bits per heavy atom. The summed E-state index contributed by atoms with van der Waals surface area (Å²) < 4.78 is 6.14. The van der Waals surface area contributed by atoms with Gasteiger partial charge in [-0.2, -0.15) is 0 Å². The predicted octanol–water partition coefficient (Wildman–Crippen LogP) is 4.43. The summed E-state index contributed by atoms with van der Waals surface area (Å²) >= 11 is 6.42. The Balaban J connectivity index is 1.79.